The molecule has 0 saturated heterocycles. The summed E-state index contributed by atoms with van der Waals surface area (Å²) in [7, 11) is 0. The van der Waals surface area contributed by atoms with Crippen LogP contribution in [-0.2, 0) is 6.54 Å². The van der Waals surface area contributed by atoms with Gasteiger partial charge in [-0.3, -0.25) is 4.98 Å². The second-order valence-corrected chi connectivity index (χ2v) is 4.46. The fourth-order valence-corrected chi connectivity index (χ4v) is 1.91. The molecule has 0 aliphatic rings. The van der Waals surface area contributed by atoms with Gasteiger partial charge in [-0.25, -0.2) is 0 Å². The minimum Gasteiger partial charge on any atom is -0.494 e. The summed E-state index contributed by atoms with van der Waals surface area (Å²) in [6.07, 6.45) is 3.64. The standard InChI is InChI=1S/C16H20N2O/c1-3-19-16-6-4-15(5-7-16)13(2)18-12-14-8-10-17-11-9-14/h4-11,13,18H,3,12H2,1-2H3. The molecule has 1 N–H and O–H groups in total. The summed E-state index contributed by atoms with van der Waals surface area (Å²) in [5, 5.41) is 3.50. The molecule has 3 heteroatoms. The highest BCUT2D eigenvalue weighted by molar-refractivity contribution is 5.29. The SMILES string of the molecule is CCOc1ccc(C(C)NCc2ccncc2)cc1. The molecule has 3 nitrogen and oxygen atoms in total. The van der Waals surface area contributed by atoms with Gasteiger partial charge in [0, 0.05) is 25.0 Å². The molecule has 2 aromatic rings. The molecule has 0 spiro atoms. The molecule has 19 heavy (non-hydrogen) atoms. The van der Waals surface area contributed by atoms with Crippen molar-refractivity contribution >= 4 is 0 Å². The van der Waals surface area contributed by atoms with Gasteiger partial charge in [0.2, 0.25) is 0 Å². The van der Waals surface area contributed by atoms with Crippen molar-refractivity contribution in [2.45, 2.75) is 26.4 Å². The molecule has 0 bridgehead atoms. The summed E-state index contributed by atoms with van der Waals surface area (Å²) in [6.45, 7) is 5.70. The van der Waals surface area contributed by atoms with Crippen molar-refractivity contribution in [3.63, 3.8) is 0 Å². The average molecular weight is 256 g/mol. The zero-order valence-corrected chi connectivity index (χ0v) is 11.5. The maximum Gasteiger partial charge on any atom is 0.119 e. The van der Waals surface area contributed by atoms with Crippen LogP contribution in [0.2, 0.25) is 0 Å². The van der Waals surface area contributed by atoms with Gasteiger partial charge >= 0.3 is 0 Å². The molecule has 1 atom stereocenters. The van der Waals surface area contributed by atoms with E-state index < -0.39 is 0 Å². The van der Waals surface area contributed by atoms with Gasteiger partial charge in [-0.05, 0) is 49.2 Å². The first kappa shape index (κ1) is 13.6. The van der Waals surface area contributed by atoms with E-state index in [1.807, 2.05) is 43.6 Å². The van der Waals surface area contributed by atoms with Gasteiger partial charge < -0.3 is 10.1 Å². The molecule has 1 heterocycles. The van der Waals surface area contributed by atoms with E-state index in [0.717, 1.165) is 12.3 Å². The lowest BCUT2D eigenvalue weighted by Gasteiger charge is -2.15. The monoisotopic (exact) mass is 256 g/mol. The van der Waals surface area contributed by atoms with Gasteiger partial charge in [-0.15, -0.1) is 0 Å². The summed E-state index contributed by atoms with van der Waals surface area (Å²) in [4.78, 5) is 4.02. The Morgan fingerprint density at radius 1 is 1.11 bits per heavy atom. The summed E-state index contributed by atoms with van der Waals surface area (Å²) in [5.41, 5.74) is 2.50. The first-order chi connectivity index (χ1) is 9.29. The van der Waals surface area contributed by atoms with Gasteiger partial charge in [0.25, 0.3) is 0 Å². The molecule has 1 aromatic heterocycles. The Labute approximate surface area is 114 Å². The Morgan fingerprint density at radius 3 is 2.42 bits per heavy atom. The lowest BCUT2D eigenvalue weighted by Crippen LogP contribution is -2.18. The number of hydrogen-bond donors (Lipinski definition) is 1. The predicted octanol–water partition coefficient (Wildman–Crippen LogP) is 3.33. The van der Waals surface area contributed by atoms with E-state index >= 15 is 0 Å². The number of ether oxygens (including phenoxy) is 1. The first-order valence-corrected chi connectivity index (χ1v) is 6.64. The van der Waals surface area contributed by atoms with Gasteiger partial charge in [0.15, 0.2) is 0 Å². The van der Waals surface area contributed by atoms with E-state index in [0.29, 0.717) is 12.6 Å². The van der Waals surface area contributed by atoms with Crippen LogP contribution in [0.1, 0.15) is 31.0 Å². The number of nitrogens with one attached hydrogen (secondary N) is 1. The number of nitrogens with zero attached hydrogens (tertiary/aromatic N) is 1. The molecule has 0 amide bonds. The molecule has 0 fully saturated rings. The summed E-state index contributed by atoms with van der Waals surface area (Å²) < 4.78 is 5.44. The van der Waals surface area contributed by atoms with E-state index in [-0.39, 0.29) is 0 Å². The van der Waals surface area contributed by atoms with Crippen molar-refractivity contribution in [1.29, 1.82) is 0 Å². The Bertz CT molecular complexity index is 482. The molecule has 2 rings (SSSR count). The number of benzene rings is 1. The van der Waals surface area contributed by atoms with Crippen molar-refractivity contribution in [2.24, 2.45) is 0 Å². The topological polar surface area (TPSA) is 34.1 Å². The lowest BCUT2D eigenvalue weighted by molar-refractivity contribution is 0.340. The third-order valence-corrected chi connectivity index (χ3v) is 3.05. The third kappa shape index (κ3) is 4.07. The van der Waals surface area contributed by atoms with Crippen LogP contribution in [-0.4, -0.2) is 11.6 Å². The lowest BCUT2D eigenvalue weighted by atomic mass is 10.1. The molecule has 0 aliphatic heterocycles. The molecular formula is C16H20N2O. The summed E-state index contributed by atoms with van der Waals surface area (Å²) >= 11 is 0. The van der Waals surface area contributed by atoms with Crippen LogP contribution in [0.15, 0.2) is 48.8 Å². The summed E-state index contributed by atoms with van der Waals surface area (Å²) in [6, 6.07) is 12.6. The predicted molar refractivity (Wildman–Crippen MR) is 77.1 cm³/mol. The molecule has 100 valence electrons. The fraction of sp³-hybridized carbons (Fsp3) is 0.312. The second-order valence-electron chi connectivity index (χ2n) is 4.46. The van der Waals surface area contributed by atoms with E-state index in [1.165, 1.54) is 11.1 Å². The minimum absolute atomic E-state index is 0.309. The van der Waals surface area contributed by atoms with E-state index in [9.17, 15) is 0 Å². The second kappa shape index (κ2) is 6.90. The van der Waals surface area contributed by atoms with Crippen molar-refractivity contribution in [3.8, 4) is 5.75 Å². The number of aromatic nitrogens is 1. The maximum absolute atomic E-state index is 5.44. The zero-order valence-electron chi connectivity index (χ0n) is 11.5. The molecule has 0 aliphatic carbocycles. The molecule has 0 saturated carbocycles. The van der Waals surface area contributed by atoms with Gasteiger partial charge in [0.05, 0.1) is 6.61 Å². The van der Waals surface area contributed by atoms with Gasteiger partial charge in [-0.1, -0.05) is 12.1 Å². The van der Waals surface area contributed by atoms with Crippen LogP contribution >= 0.6 is 0 Å². The molecular weight excluding hydrogens is 236 g/mol. The number of hydrogen-bond acceptors (Lipinski definition) is 3. The highest BCUT2D eigenvalue weighted by Gasteiger charge is 2.04. The summed E-state index contributed by atoms with van der Waals surface area (Å²) in [5.74, 6) is 0.924. The van der Waals surface area contributed by atoms with Crippen LogP contribution in [0.25, 0.3) is 0 Å². The maximum atomic E-state index is 5.44. The zero-order chi connectivity index (χ0) is 13.5. The largest absolute Gasteiger partial charge is 0.494 e. The normalized spacial score (nSPS) is 12.1. The van der Waals surface area contributed by atoms with E-state index in [1.54, 1.807) is 0 Å². The molecule has 1 aromatic carbocycles. The minimum atomic E-state index is 0.309. The average Bonchev–Trinajstić information content (AvgIpc) is 2.47. The van der Waals surface area contributed by atoms with Crippen molar-refractivity contribution in [2.75, 3.05) is 6.61 Å². The highest BCUT2D eigenvalue weighted by atomic mass is 16.5. The Hall–Kier alpha value is -1.87. The van der Waals surface area contributed by atoms with Gasteiger partial charge in [-0.2, -0.15) is 0 Å². The smallest absolute Gasteiger partial charge is 0.119 e. The van der Waals surface area contributed by atoms with Crippen molar-refractivity contribution < 1.29 is 4.74 Å². The number of rotatable bonds is 6. The highest BCUT2D eigenvalue weighted by Crippen LogP contribution is 2.17. The number of pyridine rings is 1. The fourth-order valence-electron chi connectivity index (χ4n) is 1.91. The Balaban J connectivity index is 1.90. The molecule has 0 radical (unpaired) electrons. The quantitative estimate of drug-likeness (QED) is 0.860. The van der Waals surface area contributed by atoms with Crippen LogP contribution in [0, 0.1) is 0 Å². The molecule has 1 unspecified atom stereocenters. The van der Waals surface area contributed by atoms with Crippen LogP contribution in [0.4, 0.5) is 0 Å². The van der Waals surface area contributed by atoms with Crippen molar-refractivity contribution in [1.82, 2.24) is 10.3 Å². The third-order valence-electron chi connectivity index (χ3n) is 3.05. The van der Waals surface area contributed by atoms with Crippen LogP contribution in [0.5, 0.6) is 5.75 Å². The van der Waals surface area contributed by atoms with Crippen molar-refractivity contribution in [3.05, 3.63) is 59.9 Å². The Morgan fingerprint density at radius 2 is 1.79 bits per heavy atom. The van der Waals surface area contributed by atoms with Gasteiger partial charge in [0.1, 0.15) is 5.75 Å². The van der Waals surface area contributed by atoms with Crippen LogP contribution in [0.3, 0.4) is 0 Å². The first-order valence-electron chi connectivity index (χ1n) is 6.64. The van der Waals surface area contributed by atoms with Crippen LogP contribution < -0.4 is 10.1 Å². The van der Waals surface area contributed by atoms with E-state index in [4.69, 9.17) is 4.74 Å². The van der Waals surface area contributed by atoms with E-state index in [2.05, 4.69) is 29.4 Å². The Kier molecular flexibility index (Phi) is 4.93.